The Kier molecular flexibility index (Phi) is 6.11. The van der Waals surface area contributed by atoms with Crippen molar-refractivity contribution in [3.63, 3.8) is 0 Å². The summed E-state index contributed by atoms with van der Waals surface area (Å²) in [5.74, 6) is -0.910. The summed E-state index contributed by atoms with van der Waals surface area (Å²) < 4.78 is 0. The van der Waals surface area contributed by atoms with Crippen LogP contribution in [0.5, 0.6) is 0 Å². The van der Waals surface area contributed by atoms with E-state index < -0.39 is 5.97 Å². The lowest BCUT2D eigenvalue weighted by Gasteiger charge is -2.16. The zero-order chi connectivity index (χ0) is 14.3. The number of hydrogen-bond donors (Lipinski definition) is 3. The average Bonchev–Trinajstić information content (AvgIpc) is 3.15. The first-order chi connectivity index (χ1) is 8.99. The van der Waals surface area contributed by atoms with Crippen LogP contribution in [0.4, 0.5) is 4.79 Å². The molecule has 0 spiro atoms. The van der Waals surface area contributed by atoms with Crippen molar-refractivity contribution in [1.29, 1.82) is 0 Å². The number of amides is 3. The van der Waals surface area contributed by atoms with E-state index in [1.807, 2.05) is 0 Å². The molecule has 0 saturated heterocycles. The molecule has 0 aromatic carbocycles. The molecule has 1 fully saturated rings. The molecule has 0 aromatic rings. The summed E-state index contributed by atoms with van der Waals surface area (Å²) in [4.78, 5) is 34.5. The van der Waals surface area contributed by atoms with Crippen LogP contribution in [0, 0.1) is 0 Å². The van der Waals surface area contributed by atoms with Crippen LogP contribution in [-0.2, 0) is 9.59 Å². The molecule has 0 unspecified atom stereocenters. The number of carboxylic acid groups (broad SMARTS) is 1. The van der Waals surface area contributed by atoms with Gasteiger partial charge < -0.3 is 20.6 Å². The van der Waals surface area contributed by atoms with Crippen LogP contribution in [0.2, 0.25) is 0 Å². The summed E-state index contributed by atoms with van der Waals surface area (Å²) in [5.41, 5.74) is 0. The largest absolute Gasteiger partial charge is 0.481 e. The minimum absolute atomic E-state index is 0.0241. The molecule has 1 aliphatic carbocycles. The van der Waals surface area contributed by atoms with Crippen LogP contribution in [-0.4, -0.2) is 54.1 Å². The third kappa shape index (κ3) is 7.28. The fourth-order valence-electron chi connectivity index (χ4n) is 1.47. The van der Waals surface area contributed by atoms with Gasteiger partial charge in [0.1, 0.15) is 0 Å². The lowest BCUT2D eigenvalue weighted by molar-refractivity contribution is -0.137. The molecular weight excluding hydrogens is 250 g/mol. The van der Waals surface area contributed by atoms with Crippen molar-refractivity contribution in [2.45, 2.75) is 38.1 Å². The number of urea groups is 1. The second-order valence-corrected chi connectivity index (χ2v) is 4.74. The van der Waals surface area contributed by atoms with E-state index in [9.17, 15) is 14.4 Å². The number of nitrogens with zero attached hydrogens (tertiary/aromatic N) is 1. The highest BCUT2D eigenvalue weighted by molar-refractivity contribution is 5.77. The van der Waals surface area contributed by atoms with E-state index in [0.29, 0.717) is 25.4 Å². The maximum atomic E-state index is 11.5. The number of nitrogens with one attached hydrogen (secondary N) is 2. The minimum atomic E-state index is -0.934. The Morgan fingerprint density at radius 3 is 2.53 bits per heavy atom. The summed E-state index contributed by atoms with van der Waals surface area (Å²) in [6, 6.07) is 0.0492. The maximum absolute atomic E-state index is 11.5. The van der Waals surface area contributed by atoms with Crippen molar-refractivity contribution in [3.05, 3.63) is 0 Å². The van der Waals surface area contributed by atoms with Crippen LogP contribution in [0.3, 0.4) is 0 Å². The predicted octanol–water partition coefficient (Wildman–Crippen LogP) is 0.161. The average molecular weight is 271 g/mol. The van der Waals surface area contributed by atoms with E-state index >= 15 is 0 Å². The smallest absolute Gasteiger partial charge is 0.317 e. The maximum Gasteiger partial charge on any atom is 0.317 e. The molecule has 7 heteroatoms. The first-order valence-corrected chi connectivity index (χ1v) is 6.49. The van der Waals surface area contributed by atoms with Crippen LogP contribution >= 0.6 is 0 Å². The van der Waals surface area contributed by atoms with Gasteiger partial charge in [0.2, 0.25) is 5.91 Å². The molecule has 0 bridgehead atoms. The highest BCUT2D eigenvalue weighted by Gasteiger charge is 2.22. The van der Waals surface area contributed by atoms with Crippen LogP contribution in [0.25, 0.3) is 0 Å². The third-order valence-corrected chi connectivity index (χ3v) is 2.81. The molecule has 19 heavy (non-hydrogen) atoms. The highest BCUT2D eigenvalue weighted by Crippen LogP contribution is 2.18. The predicted molar refractivity (Wildman–Crippen MR) is 68.7 cm³/mol. The fraction of sp³-hybridized carbons (Fsp3) is 0.750. The van der Waals surface area contributed by atoms with Gasteiger partial charge in [-0.25, -0.2) is 4.79 Å². The van der Waals surface area contributed by atoms with Crippen LogP contribution in [0.15, 0.2) is 0 Å². The summed E-state index contributed by atoms with van der Waals surface area (Å²) in [6.07, 6.45) is 3.04. The first-order valence-electron chi connectivity index (χ1n) is 6.49. The number of carbonyl (C=O) groups excluding carboxylic acids is 2. The van der Waals surface area contributed by atoms with Gasteiger partial charge in [-0.1, -0.05) is 0 Å². The third-order valence-electron chi connectivity index (χ3n) is 2.81. The Morgan fingerprint density at radius 1 is 1.26 bits per heavy atom. The molecule has 0 atom stereocenters. The van der Waals surface area contributed by atoms with E-state index in [1.165, 1.54) is 11.9 Å². The van der Waals surface area contributed by atoms with Crippen molar-refractivity contribution in [2.24, 2.45) is 0 Å². The van der Waals surface area contributed by atoms with E-state index in [1.54, 1.807) is 0 Å². The van der Waals surface area contributed by atoms with Gasteiger partial charge in [0.15, 0.2) is 0 Å². The van der Waals surface area contributed by atoms with Gasteiger partial charge in [-0.05, 0) is 19.3 Å². The van der Waals surface area contributed by atoms with Crippen LogP contribution in [0.1, 0.15) is 32.1 Å². The van der Waals surface area contributed by atoms with Crippen molar-refractivity contribution in [2.75, 3.05) is 20.1 Å². The van der Waals surface area contributed by atoms with Gasteiger partial charge in [-0.15, -0.1) is 0 Å². The molecule has 108 valence electrons. The van der Waals surface area contributed by atoms with Gasteiger partial charge in [0, 0.05) is 32.6 Å². The molecular formula is C12H21N3O4. The second kappa shape index (κ2) is 7.60. The Hall–Kier alpha value is -1.79. The summed E-state index contributed by atoms with van der Waals surface area (Å²) >= 11 is 0. The Morgan fingerprint density at radius 2 is 1.95 bits per heavy atom. The lowest BCUT2D eigenvalue weighted by Crippen LogP contribution is -2.39. The zero-order valence-corrected chi connectivity index (χ0v) is 11.1. The summed E-state index contributed by atoms with van der Waals surface area (Å²) in [6.45, 7) is 0.581. The normalized spacial score (nSPS) is 13.7. The number of hydrogen-bond acceptors (Lipinski definition) is 3. The molecule has 1 saturated carbocycles. The first kappa shape index (κ1) is 15.3. The van der Waals surface area contributed by atoms with Crippen LogP contribution < -0.4 is 10.6 Å². The monoisotopic (exact) mass is 271 g/mol. The van der Waals surface area contributed by atoms with Gasteiger partial charge in [-0.2, -0.15) is 0 Å². The number of rotatable bonds is 8. The fourth-order valence-corrected chi connectivity index (χ4v) is 1.47. The molecule has 1 aliphatic rings. The quantitative estimate of drug-likeness (QED) is 0.548. The molecule has 3 amide bonds. The molecule has 0 aromatic heterocycles. The van der Waals surface area contributed by atoms with Crippen molar-refractivity contribution in [1.82, 2.24) is 15.5 Å². The van der Waals surface area contributed by atoms with Gasteiger partial charge in [0.05, 0.1) is 6.42 Å². The summed E-state index contributed by atoms with van der Waals surface area (Å²) in [5, 5.41) is 14.0. The Balaban J connectivity index is 2.02. The second-order valence-electron chi connectivity index (χ2n) is 4.74. The SMILES string of the molecule is CN(CCC(=O)O)C(=O)NCCCC(=O)NC1CC1. The molecule has 3 N–H and O–H groups in total. The van der Waals surface area contributed by atoms with Crippen molar-refractivity contribution >= 4 is 17.9 Å². The molecule has 7 nitrogen and oxygen atoms in total. The number of carbonyl (C=O) groups is 3. The number of carboxylic acids is 1. The Bertz CT molecular complexity index is 342. The molecule has 0 radical (unpaired) electrons. The van der Waals surface area contributed by atoms with E-state index in [2.05, 4.69) is 10.6 Å². The Labute approximate surface area is 112 Å². The molecule has 0 heterocycles. The highest BCUT2D eigenvalue weighted by atomic mass is 16.4. The van der Waals surface area contributed by atoms with Crippen molar-refractivity contribution in [3.8, 4) is 0 Å². The van der Waals surface area contributed by atoms with Gasteiger partial charge in [0.25, 0.3) is 0 Å². The summed E-state index contributed by atoms with van der Waals surface area (Å²) in [7, 11) is 1.54. The van der Waals surface area contributed by atoms with Crippen molar-refractivity contribution < 1.29 is 19.5 Å². The number of aliphatic carboxylic acids is 1. The van der Waals surface area contributed by atoms with Gasteiger partial charge >= 0.3 is 12.0 Å². The standard InChI is InChI=1S/C12H21N3O4/c1-15(8-6-11(17)18)12(19)13-7-2-3-10(16)14-9-4-5-9/h9H,2-8H2,1H3,(H,13,19)(H,14,16)(H,17,18). The minimum Gasteiger partial charge on any atom is -0.481 e. The lowest BCUT2D eigenvalue weighted by atomic mass is 10.3. The van der Waals surface area contributed by atoms with E-state index in [4.69, 9.17) is 5.11 Å². The van der Waals surface area contributed by atoms with E-state index in [-0.39, 0.29) is 24.9 Å². The molecule has 0 aliphatic heterocycles. The zero-order valence-electron chi connectivity index (χ0n) is 11.1. The molecule has 1 rings (SSSR count). The topological polar surface area (TPSA) is 98.7 Å². The van der Waals surface area contributed by atoms with Gasteiger partial charge in [-0.3, -0.25) is 9.59 Å². The van der Waals surface area contributed by atoms with E-state index in [0.717, 1.165) is 12.8 Å².